The molecule has 12 aromatic rings. The van der Waals surface area contributed by atoms with E-state index >= 15 is 13.2 Å². The lowest BCUT2D eigenvalue weighted by Crippen LogP contribution is -2.09. The molecule has 0 aliphatic heterocycles. The molecule has 0 saturated carbocycles. The van der Waals surface area contributed by atoms with Crippen LogP contribution in [0.1, 0.15) is 77.9 Å². The van der Waals surface area contributed by atoms with Crippen LogP contribution in [0.5, 0.6) is 0 Å². The fraction of sp³-hybridized carbons (Fsp3) is 0.176. The predicted octanol–water partition coefficient (Wildman–Crippen LogP) is 20.8. The van der Waals surface area contributed by atoms with Crippen molar-refractivity contribution in [2.24, 2.45) is 0 Å². The molecule has 0 aliphatic rings. The van der Waals surface area contributed by atoms with Crippen molar-refractivity contribution in [3.8, 4) is 73.1 Å². The predicted molar refractivity (Wildman–Crippen MR) is 329 cm³/mol. The van der Waals surface area contributed by atoms with Gasteiger partial charge in [0.05, 0.1) is 50.6 Å². The number of aryl methyl sites for hydroxylation is 12. The summed E-state index contributed by atoms with van der Waals surface area (Å²) in [5.41, 5.74) is 26.9. The molecule has 2 heterocycles. The molecule has 0 atom stereocenters. The summed E-state index contributed by atoms with van der Waals surface area (Å²) in [5.74, 6) is 0. The number of benzene rings is 10. The molecule has 0 fully saturated rings. The Morgan fingerprint density at radius 1 is 0.338 bits per heavy atom. The minimum absolute atomic E-state index is 0.0641. The van der Waals surface area contributed by atoms with Crippen molar-refractivity contribution in [1.29, 1.82) is 5.26 Å². The molecule has 6 heteroatoms. The number of fused-ring (bicyclic) bond motifs is 6. The van der Waals surface area contributed by atoms with Gasteiger partial charge in [-0.2, -0.15) is 18.4 Å². The summed E-state index contributed by atoms with van der Waals surface area (Å²) in [6.07, 6.45) is -4.70. The molecule has 0 saturated heterocycles. The Morgan fingerprint density at radius 3 is 0.912 bits per heavy atom. The molecule has 0 N–H and O–H groups in total. The number of rotatable bonds is 7. The molecular formula is C74H62F3N3. The fourth-order valence-corrected chi connectivity index (χ4v) is 13.9. The summed E-state index contributed by atoms with van der Waals surface area (Å²) in [5, 5.41) is 15.5. The van der Waals surface area contributed by atoms with E-state index in [2.05, 4.69) is 220 Å². The highest BCUT2D eigenvalue weighted by Crippen LogP contribution is 2.47. The quantitative estimate of drug-likeness (QED) is 0.157. The van der Waals surface area contributed by atoms with Gasteiger partial charge in [-0.25, -0.2) is 0 Å². The average molecular weight is 1050 g/mol. The van der Waals surface area contributed by atoms with E-state index in [1.54, 1.807) is 6.07 Å². The minimum atomic E-state index is -4.70. The number of nitrogens with zero attached hydrogens (tertiary/aromatic N) is 3. The van der Waals surface area contributed by atoms with Gasteiger partial charge in [0, 0.05) is 27.1 Å². The summed E-state index contributed by atoms with van der Waals surface area (Å²) >= 11 is 0. The summed E-state index contributed by atoms with van der Waals surface area (Å²) in [7, 11) is 0. The first-order valence-corrected chi connectivity index (χ1v) is 27.4. The molecule has 3 nitrogen and oxygen atoms in total. The average Bonchev–Trinajstić information content (AvgIpc) is 3.93. The normalized spacial score (nSPS) is 11.9. The van der Waals surface area contributed by atoms with E-state index in [0.29, 0.717) is 11.4 Å². The Balaban J connectivity index is 1.30. The van der Waals surface area contributed by atoms with Crippen LogP contribution < -0.4 is 0 Å². The molecule has 394 valence electrons. The Morgan fingerprint density at radius 2 is 0.625 bits per heavy atom. The lowest BCUT2D eigenvalue weighted by Gasteiger charge is -2.22. The van der Waals surface area contributed by atoms with Crippen LogP contribution in [-0.2, 0) is 6.18 Å². The van der Waals surface area contributed by atoms with Crippen LogP contribution in [0.15, 0.2) is 158 Å². The summed E-state index contributed by atoms with van der Waals surface area (Å²) in [6, 6.07) is 56.2. The number of hydrogen-bond acceptors (Lipinski definition) is 1. The number of hydrogen-bond donors (Lipinski definition) is 0. The van der Waals surface area contributed by atoms with Crippen molar-refractivity contribution in [2.45, 2.75) is 89.3 Å². The maximum absolute atomic E-state index is 15.4. The van der Waals surface area contributed by atoms with Gasteiger partial charge in [0.2, 0.25) is 0 Å². The molecule has 0 spiro atoms. The largest absolute Gasteiger partial charge is 0.417 e. The first kappa shape index (κ1) is 51.8. The van der Waals surface area contributed by atoms with Crippen LogP contribution in [0.4, 0.5) is 13.2 Å². The highest BCUT2D eigenvalue weighted by Gasteiger charge is 2.35. The van der Waals surface area contributed by atoms with Gasteiger partial charge in [-0.1, -0.05) is 138 Å². The zero-order valence-corrected chi connectivity index (χ0v) is 47.5. The van der Waals surface area contributed by atoms with Gasteiger partial charge >= 0.3 is 6.18 Å². The zero-order chi connectivity index (χ0) is 56.4. The van der Waals surface area contributed by atoms with Gasteiger partial charge in [-0.15, -0.1) is 0 Å². The topological polar surface area (TPSA) is 33.6 Å². The molecule has 0 aliphatic carbocycles. The maximum atomic E-state index is 15.4. The molecule has 0 radical (unpaired) electrons. The Bertz CT molecular complexity index is 4340. The van der Waals surface area contributed by atoms with Gasteiger partial charge in [-0.3, -0.25) is 0 Å². The van der Waals surface area contributed by atoms with Crippen LogP contribution in [0, 0.1) is 94.4 Å². The number of alkyl halides is 3. The molecule has 0 unspecified atom stereocenters. The van der Waals surface area contributed by atoms with Crippen molar-refractivity contribution in [1.82, 2.24) is 9.13 Å². The lowest BCUT2D eigenvalue weighted by molar-refractivity contribution is -0.137. The van der Waals surface area contributed by atoms with E-state index in [0.717, 1.165) is 139 Å². The second-order valence-electron chi connectivity index (χ2n) is 22.7. The van der Waals surface area contributed by atoms with Crippen molar-refractivity contribution >= 4 is 43.6 Å². The van der Waals surface area contributed by atoms with E-state index in [1.165, 1.54) is 34.4 Å². The number of aromatic nitrogens is 2. The smallest absolute Gasteiger partial charge is 0.307 e. The van der Waals surface area contributed by atoms with E-state index < -0.39 is 11.7 Å². The first-order valence-electron chi connectivity index (χ1n) is 27.4. The van der Waals surface area contributed by atoms with Crippen molar-refractivity contribution < 1.29 is 13.2 Å². The Labute approximate surface area is 466 Å². The maximum Gasteiger partial charge on any atom is 0.417 e. The first-order chi connectivity index (χ1) is 38.2. The molecule has 12 rings (SSSR count). The molecule has 0 amide bonds. The number of nitriles is 1. The standard InChI is InChI=1S/C74H62F3N3/c1-40-25-44(5)70(45(6)26-40)52-17-21-58-59-22-18-53(71-46(7)27-41(2)28-47(71)8)34-65(59)79(64(58)33-52)68-37-56(39-78)62(57-15-13-14-16-63(57)74(75,76)77)38-69(68)80-66-35-54(72-48(9)29-42(3)30-49(72)10)19-23-60(66)61-24-20-55(36-67(61)80)73-50(11)31-43(4)32-51(73)12/h13-38H,1-12H3. The van der Waals surface area contributed by atoms with Crippen LogP contribution in [0.25, 0.3) is 111 Å². The third-order valence-electron chi connectivity index (χ3n) is 16.6. The van der Waals surface area contributed by atoms with Gasteiger partial charge in [0.25, 0.3) is 0 Å². The highest BCUT2D eigenvalue weighted by molar-refractivity contribution is 6.14. The van der Waals surface area contributed by atoms with Gasteiger partial charge in [-0.05, 0) is 220 Å². The molecular weight excluding hydrogens is 988 g/mol. The lowest BCUT2D eigenvalue weighted by atomic mass is 9.92. The summed E-state index contributed by atoms with van der Waals surface area (Å²) in [6.45, 7) is 25.7. The van der Waals surface area contributed by atoms with Crippen LogP contribution in [0.3, 0.4) is 0 Å². The Kier molecular flexibility index (Phi) is 12.4. The second-order valence-corrected chi connectivity index (χ2v) is 22.7. The molecule has 2 aromatic heterocycles. The fourth-order valence-electron chi connectivity index (χ4n) is 13.9. The monoisotopic (exact) mass is 1050 g/mol. The zero-order valence-electron chi connectivity index (χ0n) is 47.5. The van der Waals surface area contributed by atoms with Gasteiger partial charge in [0.1, 0.15) is 0 Å². The third-order valence-corrected chi connectivity index (χ3v) is 16.6. The van der Waals surface area contributed by atoms with Crippen LogP contribution in [0.2, 0.25) is 0 Å². The highest BCUT2D eigenvalue weighted by atomic mass is 19.4. The second kappa shape index (κ2) is 19.2. The van der Waals surface area contributed by atoms with E-state index in [4.69, 9.17) is 0 Å². The van der Waals surface area contributed by atoms with Gasteiger partial charge < -0.3 is 9.13 Å². The molecule has 10 aromatic carbocycles. The van der Waals surface area contributed by atoms with Gasteiger partial charge in [0.15, 0.2) is 0 Å². The minimum Gasteiger partial charge on any atom is -0.307 e. The van der Waals surface area contributed by atoms with E-state index in [1.807, 2.05) is 12.1 Å². The summed E-state index contributed by atoms with van der Waals surface area (Å²) < 4.78 is 50.8. The number of halogens is 3. The van der Waals surface area contributed by atoms with Crippen LogP contribution in [-0.4, -0.2) is 9.13 Å². The third kappa shape index (κ3) is 8.50. The van der Waals surface area contributed by atoms with Crippen LogP contribution >= 0.6 is 0 Å². The molecule has 0 bridgehead atoms. The van der Waals surface area contributed by atoms with Crippen molar-refractivity contribution in [3.63, 3.8) is 0 Å². The molecule has 80 heavy (non-hydrogen) atoms. The van der Waals surface area contributed by atoms with Crippen molar-refractivity contribution in [3.05, 3.63) is 236 Å². The van der Waals surface area contributed by atoms with Crippen molar-refractivity contribution in [2.75, 3.05) is 0 Å². The summed E-state index contributed by atoms with van der Waals surface area (Å²) in [4.78, 5) is 0. The van der Waals surface area contributed by atoms with E-state index in [9.17, 15) is 5.26 Å². The Hall–Kier alpha value is -8.92. The SMILES string of the molecule is Cc1cc(C)c(-c2ccc3c4ccc(-c5c(C)cc(C)cc5C)cc4n(-c4cc(C#N)c(-c5ccccc5C(F)(F)F)cc4-n4c5cc(-c6c(C)cc(C)cc6C)ccc5c5ccc(-c6c(C)cc(C)cc6C)cc54)c3c2)c(C)c1. The van der Waals surface area contributed by atoms with E-state index in [-0.39, 0.29) is 16.7 Å².